The molecule has 1 aliphatic heterocycles. The van der Waals surface area contributed by atoms with Crippen LogP contribution in [0.5, 0.6) is 0 Å². The molecule has 4 heteroatoms. The summed E-state index contributed by atoms with van der Waals surface area (Å²) in [6.07, 6.45) is 0.807. The van der Waals surface area contributed by atoms with E-state index in [9.17, 15) is 4.79 Å². The molecule has 2 aromatic carbocycles. The Bertz CT molecular complexity index is 666. The molecule has 0 aliphatic carbocycles. The van der Waals surface area contributed by atoms with Gasteiger partial charge < -0.3 is 5.32 Å². The Hall–Kier alpha value is -1.26. The lowest BCUT2D eigenvalue weighted by Gasteiger charge is -2.12. The van der Waals surface area contributed by atoms with Gasteiger partial charge in [-0.1, -0.05) is 34.1 Å². The van der Waals surface area contributed by atoms with Gasteiger partial charge in [-0.2, -0.15) is 0 Å². The van der Waals surface area contributed by atoms with Crippen LogP contribution >= 0.6 is 27.7 Å². The summed E-state index contributed by atoms with van der Waals surface area (Å²) in [6, 6.07) is 12.2. The number of rotatable bonds is 2. The maximum absolute atomic E-state index is 12.4. The molecule has 0 fully saturated rings. The lowest BCUT2D eigenvalue weighted by molar-refractivity contribution is -0.115. The highest BCUT2D eigenvalue weighted by molar-refractivity contribution is 9.10. The molecule has 1 atom stereocenters. The monoisotopic (exact) mass is 361 g/mol. The minimum absolute atomic E-state index is 0.0355. The predicted octanol–water partition coefficient (Wildman–Crippen LogP) is 4.72. The molecule has 0 aromatic heterocycles. The first-order valence-electron chi connectivity index (χ1n) is 6.87. The quantitative estimate of drug-likeness (QED) is 0.838. The fourth-order valence-corrected chi connectivity index (χ4v) is 3.99. The predicted molar refractivity (Wildman–Crippen MR) is 92.0 cm³/mol. The van der Waals surface area contributed by atoms with E-state index in [0.29, 0.717) is 0 Å². The minimum atomic E-state index is -0.0355. The number of carbonyl (C=O) groups excluding carboxylic acids is 1. The molecule has 1 N–H and O–H groups in total. The summed E-state index contributed by atoms with van der Waals surface area (Å²) in [5, 5.41) is 3.01. The minimum Gasteiger partial charge on any atom is -0.325 e. The summed E-state index contributed by atoms with van der Waals surface area (Å²) >= 11 is 5.20. The van der Waals surface area contributed by atoms with Gasteiger partial charge in [0.25, 0.3) is 0 Å². The Morgan fingerprint density at radius 3 is 2.57 bits per heavy atom. The zero-order chi connectivity index (χ0) is 15.0. The molecule has 1 unspecified atom stereocenters. The summed E-state index contributed by atoms with van der Waals surface area (Å²) in [6.45, 7) is 4.07. The first kappa shape index (κ1) is 14.7. The summed E-state index contributed by atoms with van der Waals surface area (Å²) in [5.74, 6) is 0.0809. The highest BCUT2D eigenvalue weighted by atomic mass is 79.9. The van der Waals surface area contributed by atoms with Crippen LogP contribution in [0.1, 0.15) is 16.7 Å². The smallest absolute Gasteiger partial charge is 0.238 e. The number of amides is 1. The Morgan fingerprint density at radius 1 is 1.24 bits per heavy atom. The number of nitrogens with one attached hydrogen (secondary N) is 1. The van der Waals surface area contributed by atoms with Crippen molar-refractivity contribution in [1.29, 1.82) is 0 Å². The van der Waals surface area contributed by atoms with Crippen molar-refractivity contribution >= 4 is 39.3 Å². The van der Waals surface area contributed by atoms with E-state index in [1.807, 2.05) is 38.1 Å². The fraction of sp³-hybridized carbons (Fsp3) is 0.235. The van der Waals surface area contributed by atoms with E-state index in [1.165, 1.54) is 10.5 Å². The van der Waals surface area contributed by atoms with Crippen LogP contribution in [0.4, 0.5) is 5.69 Å². The van der Waals surface area contributed by atoms with Crippen molar-refractivity contribution in [1.82, 2.24) is 0 Å². The molecule has 0 saturated heterocycles. The summed E-state index contributed by atoms with van der Waals surface area (Å²) in [7, 11) is 0. The van der Waals surface area contributed by atoms with Crippen LogP contribution in [0.15, 0.2) is 45.8 Å². The average Bonchev–Trinajstić information content (AvgIpc) is 2.88. The maximum Gasteiger partial charge on any atom is 0.238 e. The zero-order valence-corrected chi connectivity index (χ0v) is 14.3. The first-order chi connectivity index (χ1) is 10.0. The molecule has 1 aliphatic rings. The molecule has 3 rings (SSSR count). The van der Waals surface area contributed by atoms with Crippen molar-refractivity contribution in [2.24, 2.45) is 0 Å². The molecule has 108 valence electrons. The average molecular weight is 362 g/mol. The number of aryl methyl sites for hydroxylation is 2. The van der Waals surface area contributed by atoms with Gasteiger partial charge in [-0.25, -0.2) is 0 Å². The van der Waals surface area contributed by atoms with Crippen molar-refractivity contribution in [2.45, 2.75) is 30.4 Å². The molecule has 2 aromatic rings. The highest BCUT2D eigenvalue weighted by Gasteiger charge is 2.28. The van der Waals surface area contributed by atoms with Gasteiger partial charge in [-0.15, -0.1) is 11.8 Å². The molecule has 21 heavy (non-hydrogen) atoms. The van der Waals surface area contributed by atoms with Gasteiger partial charge in [0.05, 0.1) is 5.25 Å². The topological polar surface area (TPSA) is 29.1 Å². The standard InChI is InChI=1S/C17H16BrNOS/c1-10-7-13(8-11(2)16(10)18)19-17(20)15-9-12-5-3-4-6-14(12)21-15/h3-8,15H,9H2,1-2H3,(H,19,20). The Balaban J connectivity index is 1.74. The van der Waals surface area contributed by atoms with Crippen LogP contribution in [0.3, 0.4) is 0 Å². The summed E-state index contributed by atoms with van der Waals surface area (Å²) in [4.78, 5) is 13.7. The van der Waals surface area contributed by atoms with Gasteiger partial charge >= 0.3 is 0 Å². The third-order valence-corrected chi connectivity index (χ3v) is 6.21. The normalized spacial score (nSPS) is 16.6. The molecule has 1 heterocycles. The van der Waals surface area contributed by atoms with Crippen LogP contribution in [0, 0.1) is 13.8 Å². The number of thioether (sulfide) groups is 1. The van der Waals surface area contributed by atoms with E-state index in [1.54, 1.807) is 11.8 Å². The van der Waals surface area contributed by atoms with Crippen molar-refractivity contribution in [3.8, 4) is 0 Å². The lowest BCUT2D eigenvalue weighted by atomic mass is 10.1. The van der Waals surface area contributed by atoms with E-state index < -0.39 is 0 Å². The second kappa shape index (κ2) is 5.85. The van der Waals surface area contributed by atoms with Gasteiger partial charge in [0.2, 0.25) is 5.91 Å². The SMILES string of the molecule is Cc1cc(NC(=O)C2Cc3ccccc3S2)cc(C)c1Br. The molecule has 0 saturated carbocycles. The first-order valence-corrected chi connectivity index (χ1v) is 8.54. The molecule has 1 amide bonds. The zero-order valence-electron chi connectivity index (χ0n) is 11.9. The van der Waals surface area contributed by atoms with E-state index in [-0.39, 0.29) is 11.2 Å². The van der Waals surface area contributed by atoms with Crippen molar-refractivity contribution < 1.29 is 4.79 Å². The van der Waals surface area contributed by atoms with Gasteiger partial charge in [0, 0.05) is 15.1 Å². The molecule has 2 nitrogen and oxygen atoms in total. The van der Waals surface area contributed by atoms with Crippen molar-refractivity contribution in [3.05, 3.63) is 57.6 Å². The second-order valence-corrected chi connectivity index (χ2v) is 7.37. The third-order valence-electron chi connectivity index (χ3n) is 3.64. The molecular weight excluding hydrogens is 346 g/mol. The number of anilines is 1. The lowest BCUT2D eigenvalue weighted by Crippen LogP contribution is -2.24. The van der Waals surface area contributed by atoms with Crippen LogP contribution in [0.2, 0.25) is 0 Å². The van der Waals surface area contributed by atoms with Gasteiger partial charge in [0.1, 0.15) is 0 Å². The van der Waals surface area contributed by atoms with Crippen LogP contribution in [-0.2, 0) is 11.2 Å². The molecule has 0 radical (unpaired) electrons. The Labute approximate surface area is 137 Å². The molecule has 0 spiro atoms. The van der Waals surface area contributed by atoms with E-state index in [0.717, 1.165) is 27.7 Å². The van der Waals surface area contributed by atoms with E-state index in [2.05, 4.69) is 33.4 Å². The van der Waals surface area contributed by atoms with Crippen LogP contribution in [-0.4, -0.2) is 11.2 Å². The van der Waals surface area contributed by atoms with E-state index >= 15 is 0 Å². The van der Waals surface area contributed by atoms with Crippen molar-refractivity contribution in [3.63, 3.8) is 0 Å². The van der Waals surface area contributed by atoms with Gasteiger partial charge in [-0.05, 0) is 55.2 Å². The third kappa shape index (κ3) is 3.01. The summed E-state index contributed by atoms with van der Waals surface area (Å²) < 4.78 is 1.10. The van der Waals surface area contributed by atoms with Crippen LogP contribution in [0.25, 0.3) is 0 Å². The van der Waals surface area contributed by atoms with Gasteiger partial charge in [-0.3, -0.25) is 4.79 Å². The summed E-state index contributed by atoms with van der Waals surface area (Å²) in [5.41, 5.74) is 4.40. The number of hydrogen-bond acceptors (Lipinski definition) is 2. The number of carbonyl (C=O) groups is 1. The fourth-order valence-electron chi connectivity index (χ4n) is 2.57. The number of benzene rings is 2. The number of halogens is 1. The largest absolute Gasteiger partial charge is 0.325 e. The van der Waals surface area contributed by atoms with E-state index in [4.69, 9.17) is 0 Å². The Kier molecular flexibility index (Phi) is 4.09. The van der Waals surface area contributed by atoms with Crippen molar-refractivity contribution in [2.75, 3.05) is 5.32 Å². The number of hydrogen-bond donors (Lipinski definition) is 1. The Morgan fingerprint density at radius 2 is 1.90 bits per heavy atom. The van der Waals surface area contributed by atoms with Crippen LogP contribution < -0.4 is 5.32 Å². The molecule has 0 bridgehead atoms. The van der Waals surface area contributed by atoms with Gasteiger partial charge in [0.15, 0.2) is 0 Å². The highest BCUT2D eigenvalue weighted by Crippen LogP contribution is 2.37. The second-order valence-electron chi connectivity index (χ2n) is 5.33. The maximum atomic E-state index is 12.4. The number of fused-ring (bicyclic) bond motifs is 1. The molecular formula is C17H16BrNOS.